The molecule has 0 heterocycles. The number of benzene rings is 1. The maximum absolute atomic E-state index is 10.4. The third kappa shape index (κ3) is 2.97. The van der Waals surface area contributed by atoms with E-state index in [1.165, 1.54) is 6.07 Å². The topological polar surface area (TPSA) is 57.5 Å². The average molecular weight is 386 g/mol. The number of aromatic carboxylic acids is 1. The third-order valence-corrected chi connectivity index (χ3v) is 1.76. The van der Waals surface area contributed by atoms with Crippen molar-refractivity contribution in [2.45, 2.75) is 0 Å². The summed E-state index contributed by atoms with van der Waals surface area (Å²) >= 11 is 11.0. The molecule has 0 aromatic heterocycles. The largest absolute Gasteiger partial charge is 0.505 e. The molecule has 0 saturated carbocycles. The van der Waals surface area contributed by atoms with Gasteiger partial charge in [0.05, 0.1) is 5.02 Å². The Labute approximate surface area is 103 Å². The minimum absolute atomic E-state index is 0. The van der Waals surface area contributed by atoms with Crippen LogP contribution in [0, 0.1) is 0 Å². The van der Waals surface area contributed by atoms with Crippen molar-refractivity contribution < 1.29 is 40.9 Å². The van der Waals surface area contributed by atoms with Gasteiger partial charge < -0.3 is 10.2 Å². The van der Waals surface area contributed by atoms with Crippen molar-refractivity contribution in [3.8, 4) is 5.75 Å². The first-order valence-electron chi connectivity index (χ1n) is 2.93. The summed E-state index contributed by atoms with van der Waals surface area (Å²) < 4.78 is 0. The van der Waals surface area contributed by atoms with Crippen LogP contribution in [0.15, 0.2) is 12.1 Å². The van der Waals surface area contributed by atoms with Gasteiger partial charge in [0.15, 0.2) is 0 Å². The van der Waals surface area contributed by atoms with Crippen molar-refractivity contribution in [2.24, 2.45) is 0 Å². The van der Waals surface area contributed by atoms with Crippen LogP contribution in [0.4, 0.5) is 0 Å². The maximum atomic E-state index is 10.4. The smallest absolute Gasteiger partial charge is 0.339 e. The molecule has 0 aliphatic carbocycles. The molecule has 0 amide bonds. The molecule has 0 radical (unpaired) electrons. The molecule has 0 fully saturated rings. The molecule has 0 bridgehead atoms. The third-order valence-electron chi connectivity index (χ3n) is 1.26. The maximum Gasteiger partial charge on any atom is 0.339 e. The van der Waals surface area contributed by atoms with Gasteiger partial charge in [-0.2, -0.15) is 0 Å². The summed E-state index contributed by atoms with van der Waals surface area (Å²) in [5.41, 5.74) is -0.299. The van der Waals surface area contributed by atoms with Crippen molar-refractivity contribution >= 4 is 29.2 Å². The zero-order valence-electron chi connectivity index (χ0n) is 6.21. The molecule has 0 unspecified atom stereocenters. The summed E-state index contributed by atoms with van der Waals surface area (Å²) in [6.07, 6.45) is 0. The zero-order chi connectivity index (χ0) is 9.30. The van der Waals surface area contributed by atoms with Gasteiger partial charge in [0.25, 0.3) is 0 Å². The SMILES string of the molecule is O=C(O)c1cc(Cl)cc(Cl)c1O.[Hf]. The second kappa shape index (κ2) is 4.98. The first-order valence-corrected chi connectivity index (χ1v) is 3.69. The molecule has 0 aliphatic heterocycles. The van der Waals surface area contributed by atoms with E-state index in [0.29, 0.717) is 0 Å². The first kappa shape index (κ1) is 12.9. The number of hydrogen-bond donors (Lipinski definition) is 2. The van der Waals surface area contributed by atoms with Gasteiger partial charge in [0, 0.05) is 30.9 Å². The Morgan fingerprint density at radius 1 is 1.31 bits per heavy atom. The van der Waals surface area contributed by atoms with Crippen LogP contribution in [0.25, 0.3) is 0 Å². The average Bonchev–Trinajstić information content (AvgIpc) is 1.96. The van der Waals surface area contributed by atoms with E-state index in [9.17, 15) is 4.79 Å². The molecule has 0 aliphatic rings. The molecule has 68 valence electrons. The van der Waals surface area contributed by atoms with E-state index in [1.807, 2.05) is 0 Å². The first-order chi connectivity index (χ1) is 5.52. The van der Waals surface area contributed by atoms with Crippen LogP contribution in [0.1, 0.15) is 10.4 Å². The van der Waals surface area contributed by atoms with Crippen molar-refractivity contribution in [3.63, 3.8) is 0 Å². The molecule has 0 spiro atoms. The van der Waals surface area contributed by atoms with Gasteiger partial charge in [-0.15, -0.1) is 0 Å². The second-order valence-corrected chi connectivity index (χ2v) is 2.93. The van der Waals surface area contributed by atoms with Crippen molar-refractivity contribution in [3.05, 3.63) is 27.7 Å². The molecule has 1 aromatic rings. The van der Waals surface area contributed by atoms with Gasteiger partial charge in [-0.25, -0.2) is 4.79 Å². The Balaban J connectivity index is 0.00000144. The van der Waals surface area contributed by atoms with E-state index in [4.69, 9.17) is 33.4 Å². The predicted octanol–water partition coefficient (Wildman–Crippen LogP) is 2.39. The fourth-order valence-electron chi connectivity index (χ4n) is 0.729. The summed E-state index contributed by atoms with van der Waals surface area (Å²) in [5.74, 6) is -1.73. The summed E-state index contributed by atoms with van der Waals surface area (Å²) in [5, 5.41) is 17.8. The minimum Gasteiger partial charge on any atom is -0.505 e. The van der Waals surface area contributed by atoms with Crippen LogP contribution in [0.5, 0.6) is 5.75 Å². The molecular weight excluding hydrogens is 381 g/mol. The van der Waals surface area contributed by atoms with Crippen LogP contribution in [-0.2, 0) is 25.8 Å². The van der Waals surface area contributed by atoms with E-state index in [2.05, 4.69) is 0 Å². The molecule has 0 atom stereocenters. The molecule has 1 rings (SSSR count). The zero-order valence-corrected chi connectivity index (χ0v) is 11.3. The molecule has 3 nitrogen and oxygen atoms in total. The summed E-state index contributed by atoms with van der Waals surface area (Å²) in [4.78, 5) is 10.4. The molecule has 6 heteroatoms. The molecule has 1 aromatic carbocycles. The van der Waals surface area contributed by atoms with Crippen LogP contribution in [-0.4, -0.2) is 16.2 Å². The molecular formula is C7H4Cl2HfO3. The van der Waals surface area contributed by atoms with Crippen molar-refractivity contribution in [1.82, 2.24) is 0 Å². The molecule has 2 N–H and O–H groups in total. The number of hydrogen-bond acceptors (Lipinski definition) is 2. The summed E-state index contributed by atoms with van der Waals surface area (Å²) in [7, 11) is 0. The van der Waals surface area contributed by atoms with Crippen molar-refractivity contribution in [2.75, 3.05) is 0 Å². The van der Waals surface area contributed by atoms with Gasteiger partial charge >= 0.3 is 5.97 Å². The molecule has 0 saturated heterocycles. The van der Waals surface area contributed by atoms with Gasteiger partial charge in [-0.1, -0.05) is 23.2 Å². The number of aromatic hydroxyl groups is 1. The van der Waals surface area contributed by atoms with Gasteiger partial charge in [0.2, 0.25) is 0 Å². The van der Waals surface area contributed by atoms with Gasteiger partial charge in [0.1, 0.15) is 11.3 Å². The predicted molar refractivity (Wildman–Crippen MR) is 45.1 cm³/mol. The Hall–Kier alpha value is -0.0599. The normalized spacial score (nSPS) is 9.08. The monoisotopic (exact) mass is 386 g/mol. The number of phenols is 1. The Morgan fingerprint density at radius 2 is 1.85 bits per heavy atom. The van der Waals surface area contributed by atoms with Crippen LogP contribution < -0.4 is 0 Å². The van der Waals surface area contributed by atoms with E-state index in [1.54, 1.807) is 0 Å². The van der Waals surface area contributed by atoms with Crippen LogP contribution in [0.2, 0.25) is 10.0 Å². The number of carbonyl (C=O) groups is 1. The fraction of sp³-hybridized carbons (Fsp3) is 0. The number of halogens is 2. The van der Waals surface area contributed by atoms with E-state index in [-0.39, 0.29) is 41.5 Å². The second-order valence-electron chi connectivity index (χ2n) is 2.09. The summed E-state index contributed by atoms with van der Waals surface area (Å²) in [6.45, 7) is 0. The number of rotatable bonds is 1. The number of carboxylic acids is 1. The number of carboxylic acid groups (broad SMARTS) is 1. The van der Waals surface area contributed by atoms with E-state index in [0.717, 1.165) is 6.07 Å². The van der Waals surface area contributed by atoms with Gasteiger partial charge in [-0.3, -0.25) is 0 Å². The van der Waals surface area contributed by atoms with E-state index >= 15 is 0 Å². The van der Waals surface area contributed by atoms with Crippen molar-refractivity contribution in [1.29, 1.82) is 0 Å². The Kier molecular flexibility index (Phi) is 4.96. The summed E-state index contributed by atoms with van der Waals surface area (Å²) in [6, 6.07) is 2.40. The van der Waals surface area contributed by atoms with Crippen LogP contribution in [0.3, 0.4) is 0 Å². The Morgan fingerprint density at radius 3 is 2.31 bits per heavy atom. The fourth-order valence-corrected chi connectivity index (χ4v) is 1.22. The standard InChI is InChI=1S/C7H4Cl2O3.Hf/c8-3-1-4(7(11)12)6(10)5(9)2-3;/h1-2,10H,(H,11,12);. The van der Waals surface area contributed by atoms with E-state index < -0.39 is 11.7 Å². The Bertz CT molecular complexity index is 341. The minimum atomic E-state index is -1.27. The van der Waals surface area contributed by atoms with Gasteiger partial charge in [-0.05, 0) is 12.1 Å². The molecule has 13 heavy (non-hydrogen) atoms. The van der Waals surface area contributed by atoms with Crippen LogP contribution >= 0.6 is 23.2 Å². The quantitative estimate of drug-likeness (QED) is 0.730.